The summed E-state index contributed by atoms with van der Waals surface area (Å²) in [5.74, 6) is -3.38. The third kappa shape index (κ3) is 5.15. The highest BCUT2D eigenvalue weighted by Gasteiger charge is 2.39. The minimum absolute atomic E-state index is 0.0741. The number of ether oxygens (including phenoxy) is 1. The number of halogens is 5. The second-order valence-electron chi connectivity index (χ2n) is 6.44. The van der Waals surface area contributed by atoms with Crippen LogP contribution in [-0.4, -0.2) is 25.6 Å². The fourth-order valence-electron chi connectivity index (χ4n) is 2.55. The quantitative estimate of drug-likeness (QED) is 0.685. The predicted molar refractivity (Wildman–Crippen MR) is 95.0 cm³/mol. The van der Waals surface area contributed by atoms with Crippen LogP contribution < -0.4 is 9.46 Å². The number of carbonyl (C=O) groups excluding carboxylic acids is 1. The van der Waals surface area contributed by atoms with Crippen molar-refractivity contribution in [3.8, 4) is 11.5 Å². The number of nitrogens with zero attached hydrogens (tertiary/aromatic N) is 1. The van der Waals surface area contributed by atoms with Crippen LogP contribution in [0.4, 0.5) is 17.6 Å². The summed E-state index contributed by atoms with van der Waals surface area (Å²) in [6.07, 6.45) is -1.64. The summed E-state index contributed by atoms with van der Waals surface area (Å²) in [5, 5.41) is -0.315. The molecule has 0 saturated heterocycles. The van der Waals surface area contributed by atoms with E-state index in [-0.39, 0.29) is 28.1 Å². The molecular weight excluding hydrogens is 440 g/mol. The molecule has 0 unspecified atom stereocenters. The summed E-state index contributed by atoms with van der Waals surface area (Å²) >= 11 is 5.92. The number of rotatable bonds is 5. The maximum Gasteiger partial charge on any atom is 0.418 e. The first-order chi connectivity index (χ1) is 13.3. The van der Waals surface area contributed by atoms with E-state index in [4.69, 9.17) is 16.3 Å². The molecule has 1 heterocycles. The van der Waals surface area contributed by atoms with Gasteiger partial charge in [-0.1, -0.05) is 11.6 Å². The van der Waals surface area contributed by atoms with Gasteiger partial charge in [-0.15, -0.1) is 0 Å². The highest BCUT2D eigenvalue weighted by atomic mass is 35.5. The minimum atomic E-state index is -4.65. The third-order valence-corrected chi connectivity index (χ3v) is 4.79. The summed E-state index contributed by atoms with van der Waals surface area (Å²) in [7, 11) is -3.94. The zero-order chi connectivity index (χ0) is 21.6. The largest absolute Gasteiger partial charge is 0.454 e. The van der Waals surface area contributed by atoms with Gasteiger partial charge in [-0.25, -0.2) is 17.5 Å². The van der Waals surface area contributed by atoms with Gasteiger partial charge in [0.05, 0.1) is 34.3 Å². The third-order valence-electron chi connectivity index (χ3n) is 3.93. The van der Waals surface area contributed by atoms with Gasteiger partial charge in [-0.2, -0.15) is 13.2 Å². The van der Waals surface area contributed by atoms with E-state index in [9.17, 15) is 30.8 Å². The molecule has 0 atom stereocenters. The molecule has 0 aliphatic heterocycles. The van der Waals surface area contributed by atoms with Crippen molar-refractivity contribution in [1.82, 2.24) is 9.71 Å². The first-order valence-electron chi connectivity index (χ1n) is 8.11. The van der Waals surface area contributed by atoms with Gasteiger partial charge < -0.3 is 4.74 Å². The highest BCUT2D eigenvalue weighted by Crippen LogP contribution is 2.46. The molecule has 3 rings (SSSR count). The van der Waals surface area contributed by atoms with Gasteiger partial charge in [-0.3, -0.25) is 9.78 Å². The molecule has 1 aliphatic rings. The molecule has 0 bridgehead atoms. The number of amides is 1. The fourth-order valence-corrected chi connectivity index (χ4v) is 3.20. The Bertz CT molecular complexity index is 1090. The van der Waals surface area contributed by atoms with Crippen LogP contribution in [0.3, 0.4) is 0 Å². The Morgan fingerprint density at radius 1 is 1.28 bits per heavy atom. The van der Waals surface area contributed by atoms with Crippen LogP contribution in [0.1, 0.15) is 40.4 Å². The molecule has 2 aromatic rings. The van der Waals surface area contributed by atoms with Crippen LogP contribution in [0.25, 0.3) is 0 Å². The monoisotopic (exact) mass is 452 g/mol. The van der Waals surface area contributed by atoms with Crippen molar-refractivity contribution in [2.45, 2.75) is 24.9 Å². The van der Waals surface area contributed by atoms with Gasteiger partial charge in [0, 0.05) is 12.0 Å². The second-order valence-corrected chi connectivity index (χ2v) is 8.60. The Morgan fingerprint density at radius 2 is 1.93 bits per heavy atom. The van der Waals surface area contributed by atoms with E-state index in [2.05, 4.69) is 4.98 Å². The molecule has 1 fully saturated rings. The topological polar surface area (TPSA) is 85.4 Å². The van der Waals surface area contributed by atoms with Gasteiger partial charge in [-0.05, 0) is 25.0 Å². The Kier molecular flexibility index (Phi) is 5.48. The molecule has 0 spiro atoms. The molecule has 29 heavy (non-hydrogen) atoms. The van der Waals surface area contributed by atoms with E-state index in [0.717, 1.165) is 18.3 Å². The average molecular weight is 453 g/mol. The molecule has 1 saturated carbocycles. The van der Waals surface area contributed by atoms with Crippen LogP contribution in [-0.2, 0) is 16.2 Å². The minimum Gasteiger partial charge on any atom is -0.454 e. The molecule has 6 nitrogen and oxygen atoms in total. The SMILES string of the molecule is CS(=O)(=O)NC(=O)c1cc(Cl)c(Oc2cnc(C3CC3)c(C(F)(F)F)c2)cc1F. The molecule has 156 valence electrons. The van der Waals surface area contributed by atoms with Gasteiger partial charge in [0.15, 0.2) is 0 Å². The van der Waals surface area contributed by atoms with Crippen molar-refractivity contribution in [1.29, 1.82) is 0 Å². The molecule has 1 N–H and O–H groups in total. The maximum atomic E-state index is 14.2. The fraction of sp³-hybridized carbons (Fsp3) is 0.294. The summed E-state index contributed by atoms with van der Waals surface area (Å²) < 4.78 is 83.1. The molecule has 1 aromatic carbocycles. The first kappa shape index (κ1) is 21.3. The summed E-state index contributed by atoms with van der Waals surface area (Å²) in [6.45, 7) is 0. The van der Waals surface area contributed by atoms with E-state index in [1.54, 1.807) is 4.72 Å². The van der Waals surface area contributed by atoms with Gasteiger partial charge in [0.1, 0.15) is 17.3 Å². The molecule has 1 amide bonds. The smallest absolute Gasteiger partial charge is 0.418 e. The van der Waals surface area contributed by atoms with Crippen LogP contribution in [0, 0.1) is 5.82 Å². The molecular formula is C17H13ClF4N2O4S. The Hall–Kier alpha value is -2.40. The predicted octanol–water partition coefficient (Wildman–Crippen LogP) is 4.25. The van der Waals surface area contributed by atoms with Crippen LogP contribution in [0.2, 0.25) is 5.02 Å². The summed E-state index contributed by atoms with van der Waals surface area (Å²) in [5.41, 5.74) is -1.70. The summed E-state index contributed by atoms with van der Waals surface area (Å²) in [4.78, 5) is 15.6. The van der Waals surface area contributed by atoms with E-state index in [1.807, 2.05) is 0 Å². The Morgan fingerprint density at radius 3 is 2.48 bits per heavy atom. The first-order valence-corrected chi connectivity index (χ1v) is 10.4. The number of sulfonamides is 1. The average Bonchev–Trinajstić information content (AvgIpc) is 3.40. The zero-order valence-electron chi connectivity index (χ0n) is 14.7. The van der Waals surface area contributed by atoms with Crippen molar-refractivity contribution in [3.05, 3.63) is 52.1 Å². The lowest BCUT2D eigenvalue weighted by atomic mass is 10.1. The summed E-state index contributed by atoms with van der Waals surface area (Å²) in [6, 6.07) is 2.23. The van der Waals surface area contributed by atoms with Crippen molar-refractivity contribution in [2.24, 2.45) is 0 Å². The second kappa shape index (κ2) is 7.45. The lowest BCUT2D eigenvalue weighted by Gasteiger charge is -2.15. The van der Waals surface area contributed by atoms with E-state index in [0.29, 0.717) is 25.2 Å². The maximum absolute atomic E-state index is 14.2. The molecule has 1 aliphatic carbocycles. The number of aromatic nitrogens is 1. The number of pyridine rings is 1. The van der Waals surface area contributed by atoms with E-state index >= 15 is 0 Å². The lowest BCUT2D eigenvalue weighted by Crippen LogP contribution is -2.30. The van der Waals surface area contributed by atoms with Crippen LogP contribution in [0.15, 0.2) is 24.4 Å². The number of benzene rings is 1. The number of carbonyl (C=O) groups is 1. The number of hydrogen-bond donors (Lipinski definition) is 1. The van der Waals surface area contributed by atoms with E-state index in [1.165, 1.54) is 0 Å². The molecule has 12 heteroatoms. The zero-order valence-corrected chi connectivity index (χ0v) is 16.3. The van der Waals surface area contributed by atoms with Crippen molar-refractivity contribution < 1.29 is 35.5 Å². The standard InChI is InChI=1S/C17H13ClF4N2O4S/c1-29(26,27)24-16(25)10-5-12(18)14(6-13(10)19)28-9-4-11(17(20,21)22)15(23-7-9)8-2-3-8/h4-8H,2-3H2,1H3,(H,24,25). The van der Waals surface area contributed by atoms with Gasteiger partial charge in [0.2, 0.25) is 10.0 Å². The lowest BCUT2D eigenvalue weighted by molar-refractivity contribution is -0.138. The Labute approximate surface area is 167 Å². The Balaban J connectivity index is 1.91. The van der Waals surface area contributed by atoms with E-state index < -0.39 is 39.1 Å². The normalized spacial score (nSPS) is 14.6. The van der Waals surface area contributed by atoms with Crippen LogP contribution in [0.5, 0.6) is 11.5 Å². The van der Waals surface area contributed by atoms with Crippen LogP contribution >= 0.6 is 11.6 Å². The van der Waals surface area contributed by atoms with Crippen molar-refractivity contribution in [2.75, 3.05) is 6.26 Å². The van der Waals surface area contributed by atoms with Crippen molar-refractivity contribution in [3.63, 3.8) is 0 Å². The number of hydrogen-bond acceptors (Lipinski definition) is 5. The highest BCUT2D eigenvalue weighted by molar-refractivity contribution is 7.89. The molecule has 0 radical (unpaired) electrons. The molecule has 1 aromatic heterocycles. The number of nitrogens with one attached hydrogen (secondary N) is 1. The van der Waals surface area contributed by atoms with Crippen molar-refractivity contribution >= 4 is 27.5 Å². The van der Waals surface area contributed by atoms with Gasteiger partial charge in [0.25, 0.3) is 5.91 Å². The van der Waals surface area contributed by atoms with Gasteiger partial charge >= 0.3 is 6.18 Å². The number of alkyl halides is 3.